The second-order valence-electron chi connectivity index (χ2n) is 4.01. The van der Waals surface area contributed by atoms with Gasteiger partial charge in [-0.05, 0) is 18.2 Å². The topological polar surface area (TPSA) is 38.2 Å². The number of benzene rings is 1. The minimum atomic E-state index is -0.403. The Morgan fingerprint density at radius 3 is 2.56 bits per heavy atom. The number of hydrogen-bond acceptors (Lipinski definition) is 4. The monoisotopic (exact) mass is 247 g/mol. The van der Waals surface area contributed by atoms with Crippen molar-refractivity contribution in [3.63, 3.8) is 0 Å². The summed E-state index contributed by atoms with van der Waals surface area (Å²) in [5.41, 5.74) is 1.37. The van der Waals surface area contributed by atoms with Crippen LogP contribution in [0.4, 0.5) is 10.2 Å². The van der Waals surface area contributed by atoms with Crippen molar-refractivity contribution in [2.45, 2.75) is 0 Å². The Labute approximate surface area is 105 Å². The molecule has 0 aliphatic carbocycles. The molecule has 0 bridgehead atoms. The van der Waals surface area contributed by atoms with Crippen molar-refractivity contribution in [3.8, 4) is 17.0 Å². The van der Waals surface area contributed by atoms with E-state index < -0.39 is 5.82 Å². The molecule has 94 valence electrons. The number of methoxy groups -OCH3 is 1. The largest absolute Gasteiger partial charge is 0.494 e. The maximum atomic E-state index is 13.6. The van der Waals surface area contributed by atoms with Crippen LogP contribution in [0.15, 0.2) is 30.6 Å². The summed E-state index contributed by atoms with van der Waals surface area (Å²) in [5, 5.41) is 0. The molecule has 0 unspecified atom stereocenters. The number of nitrogens with zero attached hydrogens (tertiary/aromatic N) is 3. The molecule has 0 saturated heterocycles. The van der Waals surface area contributed by atoms with Crippen LogP contribution in [0.1, 0.15) is 0 Å². The molecular weight excluding hydrogens is 233 g/mol. The molecule has 0 aliphatic heterocycles. The maximum absolute atomic E-state index is 13.6. The zero-order chi connectivity index (χ0) is 13.1. The minimum Gasteiger partial charge on any atom is -0.494 e. The molecule has 0 radical (unpaired) electrons. The first-order valence-electron chi connectivity index (χ1n) is 5.45. The first kappa shape index (κ1) is 12.3. The standard InChI is InChI=1S/C13H14FN3O/c1-17(2)13-7-11(15-8-16-13)9-4-5-12(18-3)10(14)6-9/h4-8H,1-3H3. The van der Waals surface area contributed by atoms with E-state index in [0.29, 0.717) is 11.3 Å². The maximum Gasteiger partial charge on any atom is 0.165 e. The highest BCUT2D eigenvalue weighted by Crippen LogP contribution is 2.25. The van der Waals surface area contributed by atoms with E-state index in [1.54, 1.807) is 18.2 Å². The van der Waals surface area contributed by atoms with Crippen LogP contribution >= 0.6 is 0 Å². The van der Waals surface area contributed by atoms with E-state index in [9.17, 15) is 4.39 Å². The number of ether oxygens (including phenoxy) is 1. The summed E-state index contributed by atoms with van der Waals surface area (Å²) in [6.45, 7) is 0. The fraction of sp³-hybridized carbons (Fsp3) is 0.231. The van der Waals surface area contributed by atoms with Gasteiger partial charge < -0.3 is 9.64 Å². The highest BCUT2D eigenvalue weighted by Gasteiger charge is 2.07. The lowest BCUT2D eigenvalue weighted by atomic mass is 10.1. The normalized spacial score (nSPS) is 10.2. The Hall–Kier alpha value is -2.17. The van der Waals surface area contributed by atoms with Gasteiger partial charge in [0.15, 0.2) is 11.6 Å². The van der Waals surface area contributed by atoms with Crippen molar-refractivity contribution in [2.75, 3.05) is 26.1 Å². The van der Waals surface area contributed by atoms with Crippen LogP contribution < -0.4 is 9.64 Å². The van der Waals surface area contributed by atoms with E-state index in [-0.39, 0.29) is 5.75 Å². The summed E-state index contributed by atoms with van der Waals surface area (Å²) >= 11 is 0. The van der Waals surface area contributed by atoms with Gasteiger partial charge in [-0.1, -0.05) is 0 Å². The van der Waals surface area contributed by atoms with Crippen molar-refractivity contribution in [1.29, 1.82) is 0 Å². The summed E-state index contributed by atoms with van der Waals surface area (Å²) in [7, 11) is 5.22. The summed E-state index contributed by atoms with van der Waals surface area (Å²) in [4.78, 5) is 10.1. The van der Waals surface area contributed by atoms with Crippen molar-refractivity contribution in [2.24, 2.45) is 0 Å². The van der Waals surface area contributed by atoms with Crippen LogP contribution in [0.2, 0.25) is 0 Å². The third-order valence-electron chi connectivity index (χ3n) is 2.56. The number of aromatic nitrogens is 2. The zero-order valence-corrected chi connectivity index (χ0v) is 10.5. The first-order valence-corrected chi connectivity index (χ1v) is 5.45. The zero-order valence-electron chi connectivity index (χ0n) is 10.5. The Bertz CT molecular complexity index is 558. The minimum absolute atomic E-state index is 0.223. The third-order valence-corrected chi connectivity index (χ3v) is 2.56. The molecule has 0 saturated carbocycles. The van der Waals surface area contributed by atoms with E-state index in [1.165, 1.54) is 19.5 Å². The van der Waals surface area contributed by atoms with Gasteiger partial charge in [0.05, 0.1) is 12.8 Å². The average Bonchev–Trinajstić information content (AvgIpc) is 2.38. The molecule has 1 heterocycles. The van der Waals surface area contributed by atoms with Gasteiger partial charge in [-0.25, -0.2) is 14.4 Å². The molecule has 2 aromatic rings. The van der Waals surface area contributed by atoms with Gasteiger partial charge in [-0.2, -0.15) is 0 Å². The smallest absolute Gasteiger partial charge is 0.165 e. The summed E-state index contributed by atoms with van der Waals surface area (Å²) in [6.07, 6.45) is 1.47. The molecule has 4 nitrogen and oxygen atoms in total. The van der Waals surface area contributed by atoms with Crippen LogP contribution in [0.5, 0.6) is 5.75 Å². The SMILES string of the molecule is COc1ccc(-c2cc(N(C)C)ncn2)cc1F. The Morgan fingerprint density at radius 2 is 1.94 bits per heavy atom. The van der Waals surface area contributed by atoms with Gasteiger partial charge in [0, 0.05) is 25.7 Å². The summed E-state index contributed by atoms with van der Waals surface area (Å²) in [5.74, 6) is 0.594. The van der Waals surface area contributed by atoms with E-state index in [4.69, 9.17) is 4.74 Å². The van der Waals surface area contributed by atoms with Crippen LogP contribution in [-0.2, 0) is 0 Å². The van der Waals surface area contributed by atoms with Crippen LogP contribution in [0.25, 0.3) is 11.3 Å². The van der Waals surface area contributed by atoms with Crippen molar-refractivity contribution >= 4 is 5.82 Å². The van der Waals surface area contributed by atoms with Gasteiger partial charge in [-0.15, -0.1) is 0 Å². The van der Waals surface area contributed by atoms with Crippen LogP contribution in [0.3, 0.4) is 0 Å². The van der Waals surface area contributed by atoms with Crippen molar-refractivity contribution in [1.82, 2.24) is 9.97 Å². The molecule has 0 fully saturated rings. The highest BCUT2D eigenvalue weighted by atomic mass is 19.1. The number of anilines is 1. The Morgan fingerprint density at radius 1 is 1.17 bits per heavy atom. The second-order valence-corrected chi connectivity index (χ2v) is 4.01. The molecule has 0 spiro atoms. The van der Waals surface area contributed by atoms with Crippen LogP contribution in [-0.4, -0.2) is 31.2 Å². The lowest BCUT2D eigenvalue weighted by Gasteiger charge is -2.11. The molecule has 0 N–H and O–H groups in total. The molecule has 0 amide bonds. The van der Waals surface area contributed by atoms with Crippen molar-refractivity contribution in [3.05, 3.63) is 36.4 Å². The molecule has 2 rings (SSSR count). The average molecular weight is 247 g/mol. The molecule has 18 heavy (non-hydrogen) atoms. The van der Waals surface area contributed by atoms with Gasteiger partial charge >= 0.3 is 0 Å². The number of halogens is 1. The molecule has 1 aromatic carbocycles. The predicted octanol–water partition coefficient (Wildman–Crippen LogP) is 2.36. The highest BCUT2D eigenvalue weighted by molar-refractivity contribution is 5.63. The summed E-state index contributed by atoms with van der Waals surface area (Å²) in [6, 6.07) is 6.56. The number of hydrogen-bond donors (Lipinski definition) is 0. The fourth-order valence-electron chi connectivity index (χ4n) is 1.58. The lowest BCUT2D eigenvalue weighted by molar-refractivity contribution is 0.386. The Balaban J connectivity index is 2.42. The second kappa shape index (κ2) is 5.00. The first-order chi connectivity index (χ1) is 8.61. The fourth-order valence-corrected chi connectivity index (χ4v) is 1.58. The third kappa shape index (κ3) is 2.40. The van der Waals surface area contributed by atoms with E-state index in [1.807, 2.05) is 19.0 Å². The van der Waals surface area contributed by atoms with Gasteiger partial charge in [0.2, 0.25) is 0 Å². The van der Waals surface area contributed by atoms with E-state index in [0.717, 1.165) is 5.82 Å². The van der Waals surface area contributed by atoms with E-state index >= 15 is 0 Å². The van der Waals surface area contributed by atoms with Gasteiger partial charge in [0.1, 0.15) is 12.1 Å². The molecule has 0 aliphatic rings. The molecule has 1 aromatic heterocycles. The number of rotatable bonds is 3. The van der Waals surface area contributed by atoms with Crippen molar-refractivity contribution < 1.29 is 9.13 Å². The predicted molar refractivity (Wildman–Crippen MR) is 68.3 cm³/mol. The quantitative estimate of drug-likeness (QED) is 0.834. The molecular formula is C13H14FN3O. The molecule has 0 atom stereocenters. The van der Waals surface area contributed by atoms with E-state index in [2.05, 4.69) is 9.97 Å². The molecule has 5 heteroatoms. The van der Waals surface area contributed by atoms with Gasteiger partial charge in [0.25, 0.3) is 0 Å². The van der Waals surface area contributed by atoms with Crippen LogP contribution in [0, 0.1) is 5.82 Å². The Kier molecular flexibility index (Phi) is 3.41. The lowest BCUT2D eigenvalue weighted by Crippen LogP contribution is -2.10. The van der Waals surface area contributed by atoms with Gasteiger partial charge in [-0.3, -0.25) is 0 Å². The summed E-state index contributed by atoms with van der Waals surface area (Å²) < 4.78 is 18.5.